The second-order valence-electron chi connectivity index (χ2n) is 4.72. The van der Waals surface area contributed by atoms with E-state index in [1.165, 1.54) is 4.31 Å². The van der Waals surface area contributed by atoms with Gasteiger partial charge in [-0.3, -0.25) is 9.59 Å². The lowest BCUT2D eigenvalue weighted by atomic mass is 10.1. The monoisotopic (exact) mass is 292 g/mol. The Balaban J connectivity index is 2.41. The van der Waals surface area contributed by atoms with Crippen molar-refractivity contribution in [1.29, 1.82) is 0 Å². The molecule has 0 aromatic heterocycles. The molecule has 5 N–H and O–H groups in total. The van der Waals surface area contributed by atoms with Crippen molar-refractivity contribution in [3.8, 4) is 0 Å². The van der Waals surface area contributed by atoms with Gasteiger partial charge in [-0.1, -0.05) is 0 Å². The van der Waals surface area contributed by atoms with E-state index in [1.807, 2.05) is 0 Å². The molecule has 1 aliphatic heterocycles. The Morgan fingerprint density at radius 2 is 1.89 bits per heavy atom. The highest BCUT2D eigenvalue weighted by Crippen LogP contribution is 2.13. The van der Waals surface area contributed by atoms with Gasteiger partial charge in [0, 0.05) is 19.1 Å². The first-order valence-electron chi connectivity index (χ1n) is 5.99. The Bertz CT molecular complexity index is 442. The molecule has 19 heavy (non-hydrogen) atoms. The molecule has 0 saturated carbocycles. The fraction of sp³-hybridized carbons (Fsp3) is 0.800. The largest absolute Gasteiger partial charge is 0.370 e. The predicted molar refractivity (Wildman–Crippen MR) is 69.4 cm³/mol. The van der Waals surface area contributed by atoms with Gasteiger partial charge in [-0.25, -0.2) is 12.7 Å². The molecule has 0 aromatic carbocycles. The quantitative estimate of drug-likeness (QED) is 0.525. The normalized spacial score (nSPS) is 19.9. The average Bonchev–Trinajstić information content (AvgIpc) is 2.27. The van der Waals surface area contributed by atoms with Crippen molar-refractivity contribution < 1.29 is 18.0 Å². The third-order valence-electron chi connectivity index (χ3n) is 3.03. The van der Waals surface area contributed by atoms with Crippen LogP contribution in [0.4, 0.5) is 0 Å². The van der Waals surface area contributed by atoms with Crippen molar-refractivity contribution in [2.75, 3.05) is 19.3 Å². The fourth-order valence-electron chi connectivity index (χ4n) is 1.95. The third-order valence-corrected chi connectivity index (χ3v) is 4.33. The number of primary amides is 1. The van der Waals surface area contributed by atoms with Crippen LogP contribution in [-0.4, -0.2) is 56.0 Å². The molecular weight excluding hydrogens is 272 g/mol. The van der Waals surface area contributed by atoms with Crippen molar-refractivity contribution in [2.45, 2.75) is 31.3 Å². The molecule has 1 unspecified atom stereocenters. The van der Waals surface area contributed by atoms with E-state index < -0.39 is 27.9 Å². The summed E-state index contributed by atoms with van der Waals surface area (Å²) in [5.74, 6) is -1.06. The maximum atomic E-state index is 11.6. The van der Waals surface area contributed by atoms with E-state index in [-0.39, 0.29) is 12.5 Å². The number of carbonyl (C=O) groups is 2. The van der Waals surface area contributed by atoms with Gasteiger partial charge in [0.15, 0.2) is 0 Å². The zero-order chi connectivity index (χ0) is 14.6. The summed E-state index contributed by atoms with van der Waals surface area (Å²) in [4.78, 5) is 22.3. The lowest BCUT2D eigenvalue weighted by Gasteiger charge is -2.31. The topological polar surface area (TPSA) is 136 Å². The number of amides is 2. The Morgan fingerprint density at radius 1 is 1.37 bits per heavy atom. The van der Waals surface area contributed by atoms with Gasteiger partial charge in [0.25, 0.3) is 0 Å². The lowest BCUT2D eigenvalue weighted by molar-refractivity contribution is -0.127. The summed E-state index contributed by atoms with van der Waals surface area (Å²) in [6, 6.07) is -1.07. The number of carbonyl (C=O) groups excluding carboxylic acids is 2. The number of nitrogens with two attached hydrogens (primary N) is 2. The lowest BCUT2D eigenvalue weighted by Crippen LogP contribution is -2.51. The predicted octanol–water partition coefficient (Wildman–Crippen LogP) is -2.27. The minimum atomic E-state index is -3.18. The molecule has 9 heteroatoms. The number of rotatable bonds is 5. The van der Waals surface area contributed by atoms with Crippen LogP contribution in [0.1, 0.15) is 19.3 Å². The Morgan fingerprint density at radius 3 is 2.32 bits per heavy atom. The first kappa shape index (κ1) is 15.9. The van der Waals surface area contributed by atoms with Gasteiger partial charge in [0.2, 0.25) is 21.8 Å². The molecule has 0 radical (unpaired) electrons. The molecule has 0 aromatic rings. The number of piperidine rings is 1. The van der Waals surface area contributed by atoms with Crippen molar-refractivity contribution in [3.63, 3.8) is 0 Å². The zero-order valence-corrected chi connectivity index (χ0v) is 11.6. The van der Waals surface area contributed by atoms with Gasteiger partial charge in [-0.05, 0) is 12.8 Å². The van der Waals surface area contributed by atoms with E-state index >= 15 is 0 Å². The molecule has 0 aliphatic carbocycles. The molecule has 0 spiro atoms. The van der Waals surface area contributed by atoms with Gasteiger partial charge >= 0.3 is 0 Å². The highest BCUT2D eigenvalue weighted by molar-refractivity contribution is 7.88. The van der Waals surface area contributed by atoms with Crippen LogP contribution < -0.4 is 16.8 Å². The minimum absolute atomic E-state index is 0.121. The SMILES string of the molecule is CS(=O)(=O)N1CCC(NC(=O)C(N)CC(N)=O)CC1. The second kappa shape index (κ2) is 6.31. The molecule has 1 fully saturated rings. The molecule has 2 amide bonds. The summed E-state index contributed by atoms with van der Waals surface area (Å²) < 4.78 is 24.0. The molecule has 110 valence electrons. The van der Waals surface area contributed by atoms with Gasteiger partial charge < -0.3 is 16.8 Å². The third kappa shape index (κ3) is 5.13. The minimum Gasteiger partial charge on any atom is -0.370 e. The number of hydrogen-bond acceptors (Lipinski definition) is 5. The summed E-state index contributed by atoms with van der Waals surface area (Å²) in [5.41, 5.74) is 10.5. The molecule has 1 heterocycles. The van der Waals surface area contributed by atoms with E-state index in [4.69, 9.17) is 11.5 Å². The van der Waals surface area contributed by atoms with E-state index in [0.29, 0.717) is 25.9 Å². The van der Waals surface area contributed by atoms with Crippen molar-refractivity contribution in [1.82, 2.24) is 9.62 Å². The van der Waals surface area contributed by atoms with Gasteiger partial charge in [0.05, 0.1) is 18.7 Å². The smallest absolute Gasteiger partial charge is 0.237 e. The molecule has 1 rings (SSSR count). The first-order valence-corrected chi connectivity index (χ1v) is 7.84. The number of nitrogens with one attached hydrogen (secondary N) is 1. The van der Waals surface area contributed by atoms with Crippen LogP contribution in [0.15, 0.2) is 0 Å². The Labute approximate surface area is 112 Å². The first-order chi connectivity index (χ1) is 8.70. The standard InChI is InChI=1S/C10H20N4O4S/c1-19(17,18)14-4-2-7(3-5-14)13-10(16)8(11)6-9(12)15/h7-8H,2-6,11H2,1H3,(H2,12,15)(H,13,16). The number of nitrogens with zero attached hydrogens (tertiary/aromatic N) is 1. The second-order valence-corrected chi connectivity index (χ2v) is 6.70. The summed E-state index contributed by atoms with van der Waals surface area (Å²) >= 11 is 0. The van der Waals surface area contributed by atoms with Crippen LogP contribution >= 0.6 is 0 Å². The van der Waals surface area contributed by atoms with Crippen LogP contribution in [0.25, 0.3) is 0 Å². The molecule has 1 aliphatic rings. The summed E-state index contributed by atoms with van der Waals surface area (Å²) in [5, 5.41) is 2.70. The van der Waals surface area contributed by atoms with Crippen LogP contribution in [-0.2, 0) is 19.6 Å². The zero-order valence-electron chi connectivity index (χ0n) is 10.8. The van der Waals surface area contributed by atoms with E-state index in [0.717, 1.165) is 6.26 Å². The molecule has 1 saturated heterocycles. The summed E-state index contributed by atoms with van der Waals surface area (Å²) in [6.07, 6.45) is 2.02. The van der Waals surface area contributed by atoms with Gasteiger partial charge in [0.1, 0.15) is 0 Å². The van der Waals surface area contributed by atoms with Crippen LogP contribution in [0.5, 0.6) is 0 Å². The van der Waals surface area contributed by atoms with Gasteiger partial charge in [-0.15, -0.1) is 0 Å². The Kier molecular flexibility index (Phi) is 5.27. The molecule has 0 bridgehead atoms. The number of hydrogen-bond donors (Lipinski definition) is 3. The van der Waals surface area contributed by atoms with Crippen LogP contribution in [0.2, 0.25) is 0 Å². The fourth-order valence-corrected chi connectivity index (χ4v) is 2.82. The van der Waals surface area contributed by atoms with Crippen LogP contribution in [0.3, 0.4) is 0 Å². The maximum Gasteiger partial charge on any atom is 0.237 e. The Hall–Kier alpha value is -1.19. The van der Waals surface area contributed by atoms with Gasteiger partial charge in [-0.2, -0.15) is 0 Å². The van der Waals surface area contributed by atoms with Crippen LogP contribution in [0, 0.1) is 0 Å². The molecule has 1 atom stereocenters. The average molecular weight is 292 g/mol. The highest BCUT2D eigenvalue weighted by atomic mass is 32.2. The maximum absolute atomic E-state index is 11.6. The summed E-state index contributed by atoms with van der Waals surface area (Å²) in [7, 11) is -3.18. The van der Waals surface area contributed by atoms with Crippen molar-refractivity contribution in [2.24, 2.45) is 11.5 Å². The van der Waals surface area contributed by atoms with E-state index in [2.05, 4.69) is 5.32 Å². The molecular formula is C10H20N4O4S. The van der Waals surface area contributed by atoms with Crippen molar-refractivity contribution in [3.05, 3.63) is 0 Å². The van der Waals surface area contributed by atoms with E-state index in [9.17, 15) is 18.0 Å². The van der Waals surface area contributed by atoms with E-state index in [1.54, 1.807) is 0 Å². The highest BCUT2D eigenvalue weighted by Gasteiger charge is 2.27. The van der Waals surface area contributed by atoms with Crippen molar-refractivity contribution >= 4 is 21.8 Å². The molecule has 8 nitrogen and oxygen atoms in total. The number of sulfonamides is 1. The summed E-state index contributed by atoms with van der Waals surface area (Å²) in [6.45, 7) is 0.740.